The summed E-state index contributed by atoms with van der Waals surface area (Å²) in [5.74, 6) is 0.379. The highest BCUT2D eigenvalue weighted by atomic mass is 32.2. The van der Waals surface area contributed by atoms with Gasteiger partial charge in [0.15, 0.2) is 0 Å². The molecule has 0 aliphatic heterocycles. The minimum absolute atomic E-state index is 0.159. The van der Waals surface area contributed by atoms with Gasteiger partial charge in [-0.05, 0) is 72.0 Å². The lowest BCUT2D eigenvalue weighted by Crippen LogP contribution is -2.14. The smallest absolute Gasteiger partial charge is 0.228 e. The maximum atomic E-state index is 13.9. The number of carbonyl (C=O) groups excluding carboxylic acids is 1. The number of nitrogens with zero attached hydrogens (tertiary/aromatic N) is 1. The topological polar surface area (TPSA) is 62.1 Å². The van der Waals surface area contributed by atoms with Crippen LogP contribution in [0.3, 0.4) is 0 Å². The number of hydrogen-bond donors (Lipinski definition) is 1. The molecule has 34 heavy (non-hydrogen) atoms. The minimum Gasteiger partial charge on any atom is -0.457 e. The van der Waals surface area contributed by atoms with E-state index >= 15 is 0 Å². The Labute approximate surface area is 202 Å². The number of nitriles is 1. The minimum atomic E-state index is -0.361. The fraction of sp³-hybridized carbons (Fsp3) is 0.0714. The van der Waals surface area contributed by atoms with Gasteiger partial charge in [-0.3, -0.25) is 4.79 Å². The van der Waals surface area contributed by atoms with Crippen molar-refractivity contribution in [1.29, 1.82) is 5.26 Å². The fourth-order valence-electron chi connectivity index (χ4n) is 3.47. The SMILES string of the molecule is CSc1ccc(CC(=O)Nc2ccc(-c3cccc(F)c3)c(Oc3cccc(C#N)c3)c2)cc1. The predicted octanol–water partition coefficient (Wildman–Crippen LogP) is 7.06. The molecule has 4 aromatic carbocycles. The molecule has 0 atom stereocenters. The van der Waals surface area contributed by atoms with E-state index in [4.69, 9.17) is 4.74 Å². The van der Waals surface area contributed by atoms with Crippen LogP contribution < -0.4 is 10.1 Å². The van der Waals surface area contributed by atoms with E-state index < -0.39 is 0 Å². The van der Waals surface area contributed by atoms with Crippen LogP contribution in [0.4, 0.5) is 10.1 Å². The van der Waals surface area contributed by atoms with Crippen molar-refractivity contribution in [3.05, 3.63) is 108 Å². The number of ether oxygens (including phenoxy) is 1. The molecule has 0 aromatic heterocycles. The quantitative estimate of drug-likeness (QED) is 0.295. The number of benzene rings is 4. The van der Waals surface area contributed by atoms with E-state index in [-0.39, 0.29) is 18.1 Å². The Kier molecular flexibility index (Phi) is 7.26. The molecule has 0 bridgehead atoms. The van der Waals surface area contributed by atoms with E-state index in [1.807, 2.05) is 30.5 Å². The molecule has 0 saturated heterocycles. The Hall–Kier alpha value is -4.08. The third-order valence-corrected chi connectivity index (χ3v) is 5.86. The number of rotatable bonds is 7. The van der Waals surface area contributed by atoms with Crippen molar-refractivity contribution in [1.82, 2.24) is 0 Å². The van der Waals surface area contributed by atoms with E-state index in [9.17, 15) is 14.4 Å². The number of anilines is 1. The van der Waals surface area contributed by atoms with Gasteiger partial charge < -0.3 is 10.1 Å². The number of amides is 1. The molecule has 0 aliphatic rings. The summed E-state index contributed by atoms with van der Waals surface area (Å²) in [5, 5.41) is 12.1. The van der Waals surface area contributed by atoms with Crippen molar-refractivity contribution in [3.63, 3.8) is 0 Å². The summed E-state index contributed by atoms with van der Waals surface area (Å²) < 4.78 is 20.0. The van der Waals surface area contributed by atoms with Crippen LogP contribution >= 0.6 is 11.8 Å². The third-order valence-electron chi connectivity index (χ3n) is 5.12. The molecule has 0 saturated carbocycles. The van der Waals surface area contributed by atoms with Crippen molar-refractivity contribution in [2.24, 2.45) is 0 Å². The first kappa shape index (κ1) is 23.1. The van der Waals surface area contributed by atoms with E-state index in [1.54, 1.807) is 66.4 Å². The molecule has 0 spiro atoms. The largest absolute Gasteiger partial charge is 0.457 e. The van der Waals surface area contributed by atoms with Crippen LogP contribution in [0.25, 0.3) is 11.1 Å². The zero-order valence-corrected chi connectivity index (χ0v) is 19.2. The Morgan fingerprint density at radius 1 is 1.00 bits per heavy atom. The van der Waals surface area contributed by atoms with Crippen molar-refractivity contribution in [2.75, 3.05) is 11.6 Å². The van der Waals surface area contributed by atoms with Gasteiger partial charge >= 0.3 is 0 Å². The second-order valence-corrected chi connectivity index (χ2v) is 8.42. The summed E-state index contributed by atoms with van der Waals surface area (Å²) in [4.78, 5) is 13.8. The van der Waals surface area contributed by atoms with Crippen LogP contribution in [-0.4, -0.2) is 12.2 Å². The van der Waals surface area contributed by atoms with Crippen molar-refractivity contribution in [2.45, 2.75) is 11.3 Å². The number of carbonyl (C=O) groups is 1. The molecule has 0 aliphatic carbocycles. The average molecular weight is 469 g/mol. The lowest BCUT2D eigenvalue weighted by atomic mass is 10.0. The van der Waals surface area contributed by atoms with Gasteiger partial charge in [0.25, 0.3) is 0 Å². The molecule has 4 nitrogen and oxygen atoms in total. The van der Waals surface area contributed by atoms with Gasteiger partial charge in [0.2, 0.25) is 5.91 Å². The summed E-state index contributed by atoms with van der Waals surface area (Å²) in [5.41, 5.74) is 3.22. The van der Waals surface area contributed by atoms with Gasteiger partial charge in [0, 0.05) is 22.2 Å². The van der Waals surface area contributed by atoms with Crippen LogP contribution in [0.1, 0.15) is 11.1 Å². The third kappa shape index (κ3) is 5.83. The number of thioether (sulfide) groups is 1. The highest BCUT2D eigenvalue weighted by molar-refractivity contribution is 7.98. The first-order chi connectivity index (χ1) is 16.5. The Balaban J connectivity index is 1.61. The van der Waals surface area contributed by atoms with Crippen molar-refractivity contribution in [3.8, 4) is 28.7 Å². The molecule has 168 valence electrons. The Bertz CT molecular complexity index is 1360. The maximum Gasteiger partial charge on any atom is 0.228 e. The molecule has 1 amide bonds. The Morgan fingerprint density at radius 3 is 2.53 bits per heavy atom. The molecule has 0 heterocycles. The standard InChI is InChI=1S/C28H21FN2O2S/c1-34-25-11-8-19(9-12-25)15-28(32)31-23-10-13-26(21-5-3-6-22(29)16-21)27(17-23)33-24-7-2-4-20(14-24)18-30/h2-14,16-17H,15H2,1H3,(H,31,32). The first-order valence-electron chi connectivity index (χ1n) is 10.5. The molecule has 0 unspecified atom stereocenters. The van der Waals surface area contributed by atoms with E-state index in [0.29, 0.717) is 33.9 Å². The number of halogens is 1. The molecule has 0 fully saturated rings. The Morgan fingerprint density at radius 2 is 1.79 bits per heavy atom. The van der Waals surface area contributed by atoms with Gasteiger partial charge in [-0.1, -0.05) is 30.3 Å². The molecular formula is C28H21FN2O2S. The monoisotopic (exact) mass is 468 g/mol. The van der Waals surface area contributed by atoms with Crippen LogP contribution in [0.2, 0.25) is 0 Å². The van der Waals surface area contributed by atoms with Gasteiger partial charge in [-0.2, -0.15) is 5.26 Å². The number of hydrogen-bond acceptors (Lipinski definition) is 4. The summed E-state index contributed by atoms with van der Waals surface area (Å²) in [7, 11) is 0. The fourth-order valence-corrected chi connectivity index (χ4v) is 3.88. The highest BCUT2D eigenvalue weighted by Gasteiger charge is 2.12. The average Bonchev–Trinajstić information content (AvgIpc) is 2.85. The van der Waals surface area contributed by atoms with Gasteiger partial charge in [-0.25, -0.2) is 4.39 Å². The zero-order valence-electron chi connectivity index (χ0n) is 18.4. The second-order valence-electron chi connectivity index (χ2n) is 7.54. The summed E-state index contributed by atoms with van der Waals surface area (Å²) in [6, 6.07) is 28.2. The van der Waals surface area contributed by atoms with Crippen LogP contribution in [-0.2, 0) is 11.2 Å². The molecular weight excluding hydrogens is 447 g/mol. The van der Waals surface area contributed by atoms with Crippen molar-refractivity contribution < 1.29 is 13.9 Å². The van der Waals surface area contributed by atoms with Crippen LogP contribution in [0.15, 0.2) is 95.9 Å². The second kappa shape index (κ2) is 10.7. The molecule has 0 radical (unpaired) electrons. The summed E-state index contributed by atoms with van der Waals surface area (Å²) in [6.07, 6.45) is 2.24. The number of nitrogens with one attached hydrogen (secondary N) is 1. The van der Waals surface area contributed by atoms with Crippen LogP contribution in [0.5, 0.6) is 11.5 Å². The van der Waals surface area contributed by atoms with E-state index in [0.717, 1.165) is 10.5 Å². The van der Waals surface area contributed by atoms with E-state index in [1.165, 1.54) is 12.1 Å². The molecule has 1 N–H and O–H groups in total. The molecule has 4 aromatic rings. The first-order valence-corrected chi connectivity index (χ1v) is 11.8. The summed E-state index contributed by atoms with van der Waals surface area (Å²) >= 11 is 1.65. The normalized spacial score (nSPS) is 10.4. The molecule has 6 heteroatoms. The lowest BCUT2D eigenvalue weighted by molar-refractivity contribution is -0.115. The zero-order chi connectivity index (χ0) is 23.9. The lowest BCUT2D eigenvalue weighted by Gasteiger charge is -2.14. The maximum absolute atomic E-state index is 13.9. The van der Waals surface area contributed by atoms with Gasteiger partial charge in [-0.15, -0.1) is 11.8 Å². The molecule has 4 rings (SSSR count). The van der Waals surface area contributed by atoms with Crippen LogP contribution in [0, 0.1) is 17.1 Å². The summed E-state index contributed by atoms with van der Waals surface area (Å²) in [6.45, 7) is 0. The predicted molar refractivity (Wildman–Crippen MR) is 134 cm³/mol. The van der Waals surface area contributed by atoms with E-state index in [2.05, 4.69) is 11.4 Å². The van der Waals surface area contributed by atoms with Gasteiger partial charge in [0.05, 0.1) is 18.1 Å². The van der Waals surface area contributed by atoms with Crippen molar-refractivity contribution >= 4 is 23.4 Å². The van der Waals surface area contributed by atoms with Gasteiger partial charge in [0.1, 0.15) is 17.3 Å². The highest BCUT2D eigenvalue weighted by Crippen LogP contribution is 2.36.